The van der Waals surface area contributed by atoms with Gasteiger partial charge in [-0.15, -0.1) is 0 Å². The van der Waals surface area contributed by atoms with E-state index in [4.69, 9.17) is 19.9 Å². The molecule has 8 nitrogen and oxygen atoms in total. The molecule has 8 heteroatoms. The number of ether oxygens (including phenoxy) is 1. The Bertz CT molecular complexity index is 1250. The van der Waals surface area contributed by atoms with Gasteiger partial charge >= 0.3 is 0 Å². The van der Waals surface area contributed by atoms with Crippen molar-refractivity contribution in [2.24, 2.45) is 0 Å². The van der Waals surface area contributed by atoms with Crippen LogP contribution < -0.4 is 10.6 Å². The molecule has 2 aromatic carbocycles. The quantitative estimate of drug-likeness (QED) is 0.545. The Morgan fingerprint density at radius 1 is 0.903 bits per heavy atom. The summed E-state index contributed by atoms with van der Waals surface area (Å²) in [6, 6.07) is 12.8. The van der Waals surface area contributed by atoms with E-state index in [1.54, 1.807) is 0 Å². The zero-order valence-electron chi connectivity index (χ0n) is 17.2. The highest BCUT2D eigenvalue weighted by Gasteiger charge is 2.29. The van der Waals surface area contributed by atoms with E-state index in [0.29, 0.717) is 11.6 Å². The fourth-order valence-electron chi connectivity index (χ4n) is 4.65. The van der Waals surface area contributed by atoms with Gasteiger partial charge in [0.15, 0.2) is 5.58 Å². The Balaban J connectivity index is 1.28. The van der Waals surface area contributed by atoms with Gasteiger partial charge in [-0.2, -0.15) is 4.98 Å². The molecule has 4 aromatic rings. The number of aromatic nitrogens is 3. The maximum Gasteiger partial charge on any atom is 0.292 e. The van der Waals surface area contributed by atoms with Crippen molar-refractivity contribution in [3.05, 3.63) is 42.6 Å². The Morgan fingerprint density at radius 3 is 2.58 bits per heavy atom. The summed E-state index contributed by atoms with van der Waals surface area (Å²) < 4.78 is 10.9. The summed E-state index contributed by atoms with van der Waals surface area (Å²) in [4.78, 5) is 18.8. The smallest absolute Gasteiger partial charge is 0.292 e. The number of hydrogen-bond donors (Lipinski definition) is 1. The van der Waals surface area contributed by atoms with E-state index < -0.39 is 0 Å². The van der Waals surface area contributed by atoms with Crippen LogP contribution in [0.4, 0.5) is 11.8 Å². The van der Waals surface area contributed by atoms with Gasteiger partial charge in [0.1, 0.15) is 11.3 Å². The zero-order valence-corrected chi connectivity index (χ0v) is 17.2. The molecule has 6 rings (SSSR count). The van der Waals surface area contributed by atoms with Crippen molar-refractivity contribution < 1.29 is 9.15 Å². The Hall–Kier alpha value is -3.23. The number of benzene rings is 2. The monoisotopic (exact) mass is 416 g/mol. The highest BCUT2D eigenvalue weighted by atomic mass is 16.5. The molecule has 0 radical (unpaired) electrons. The van der Waals surface area contributed by atoms with Gasteiger partial charge < -0.3 is 19.8 Å². The first kappa shape index (κ1) is 18.5. The first-order chi connectivity index (χ1) is 15.2. The van der Waals surface area contributed by atoms with Crippen LogP contribution in [0.5, 0.6) is 0 Å². The van der Waals surface area contributed by atoms with Gasteiger partial charge in [0.05, 0.1) is 30.4 Å². The predicted octanol–water partition coefficient (Wildman–Crippen LogP) is 2.93. The molecule has 0 spiro atoms. The fraction of sp³-hybridized carbons (Fsp3) is 0.348. The minimum Gasteiger partial charge on any atom is -0.424 e. The van der Waals surface area contributed by atoms with E-state index in [-0.39, 0.29) is 6.01 Å². The summed E-state index contributed by atoms with van der Waals surface area (Å²) in [7, 11) is 0. The van der Waals surface area contributed by atoms with Gasteiger partial charge in [0.2, 0.25) is 0 Å². The van der Waals surface area contributed by atoms with Crippen molar-refractivity contribution >= 4 is 34.0 Å². The Morgan fingerprint density at radius 2 is 1.71 bits per heavy atom. The number of nitrogens with two attached hydrogens (primary N) is 1. The second-order valence-electron chi connectivity index (χ2n) is 8.20. The molecule has 158 valence electrons. The highest BCUT2D eigenvalue weighted by Crippen LogP contribution is 2.29. The average Bonchev–Trinajstić information content (AvgIpc) is 3.44. The van der Waals surface area contributed by atoms with Gasteiger partial charge in [-0.3, -0.25) is 9.88 Å². The predicted molar refractivity (Wildman–Crippen MR) is 120 cm³/mol. The van der Waals surface area contributed by atoms with E-state index >= 15 is 0 Å². The van der Waals surface area contributed by atoms with Crippen molar-refractivity contribution in [2.45, 2.75) is 12.5 Å². The van der Waals surface area contributed by atoms with Gasteiger partial charge in [-0.25, -0.2) is 4.98 Å². The van der Waals surface area contributed by atoms with E-state index in [1.807, 2.05) is 30.5 Å². The summed E-state index contributed by atoms with van der Waals surface area (Å²) in [5.41, 5.74) is 11.0. The number of nitrogen functional groups attached to an aromatic ring is 1. The van der Waals surface area contributed by atoms with Crippen molar-refractivity contribution in [3.8, 4) is 11.1 Å². The molecule has 2 aliphatic heterocycles. The van der Waals surface area contributed by atoms with E-state index in [9.17, 15) is 0 Å². The van der Waals surface area contributed by atoms with E-state index in [1.165, 1.54) is 0 Å². The lowest BCUT2D eigenvalue weighted by molar-refractivity contribution is 0.0209. The van der Waals surface area contributed by atoms with Crippen molar-refractivity contribution in [3.63, 3.8) is 0 Å². The van der Waals surface area contributed by atoms with Gasteiger partial charge in [0.25, 0.3) is 6.01 Å². The highest BCUT2D eigenvalue weighted by molar-refractivity contribution is 5.86. The minimum absolute atomic E-state index is 0.183. The number of nitrogens with zero attached hydrogens (tertiary/aromatic N) is 5. The maximum atomic E-state index is 5.68. The Kier molecular flexibility index (Phi) is 4.47. The molecular formula is C23H24N6O2. The maximum absolute atomic E-state index is 5.68. The number of hydrogen-bond acceptors (Lipinski definition) is 8. The summed E-state index contributed by atoms with van der Waals surface area (Å²) in [6.07, 6.45) is 3.05. The van der Waals surface area contributed by atoms with Crippen molar-refractivity contribution in [1.29, 1.82) is 0 Å². The third kappa shape index (κ3) is 3.47. The molecule has 2 aliphatic rings. The van der Waals surface area contributed by atoms with Crippen molar-refractivity contribution in [1.82, 2.24) is 19.9 Å². The molecule has 0 bridgehead atoms. The molecule has 4 heterocycles. The van der Waals surface area contributed by atoms with Crippen molar-refractivity contribution in [2.75, 3.05) is 50.0 Å². The van der Waals surface area contributed by atoms with Crippen LogP contribution in [0.2, 0.25) is 0 Å². The van der Waals surface area contributed by atoms with Gasteiger partial charge in [0, 0.05) is 32.2 Å². The molecule has 0 amide bonds. The van der Waals surface area contributed by atoms with Gasteiger partial charge in [-0.1, -0.05) is 12.1 Å². The molecule has 2 aromatic heterocycles. The normalized spacial score (nSPS) is 20.1. The Labute approximate surface area is 179 Å². The molecule has 2 saturated heterocycles. The second kappa shape index (κ2) is 7.47. The lowest BCUT2D eigenvalue weighted by atomic mass is 10.0. The topological polar surface area (TPSA) is 93.5 Å². The molecule has 0 aliphatic carbocycles. The summed E-state index contributed by atoms with van der Waals surface area (Å²) in [5.74, 6) is 0.945. The molecule has 31 heavy (non-hydrogen) atoms. The third-order valence-corrected chi connectivity index (χ3v) is 6.32. The number of morpholine rings is 1. The summed E-state index contributed by atoms with van der Waals surface area (Å²) in [5, 5.41) is 0. The summed E-state index contributed by atoms with van der Waals surface area (Å²) >= 11 is 0. The number of anilines is 2. The largest absolute Gasteiger partial charge is 0.424 e. The van der Waals surface area contributed by atoms with E-state index in [2.05, 4.69) is 31.9 Å². The third-order valence-electron chi connectivity index (χ3n) is 6.32. The van der Waals surface area contributed by atoms with Crippen LogP contribution in [0.3, 0.4) is 0 Å². The van der Waals surface area contributed by atoms with Crippen LogP contribution in [0.25, 0.3) is 33.3 Å². The molecular weight excluding hydrogens is 392 g/mol. The van der Waals surface area contributed by atoms with Crippen LogP contribution in [0, 0.1) is 0 Å². The molecule has 2 fully saturated rings. The summed E-state index contributed by atoms with van der Waals surface area (Å²) in [6.45, 7) is 5.71. The van der Waals surface area contributed by atoms with Crippen LogP contribution in [0.1, 0.15) is 6.42 Å². The minimum atomic E-state index is 0.183. The number of rotatable bonds is 3. The van der Waals surface area contributed by atoms with Crippen LogP contribution in [-0.2, 0) is 4.74 Å². The zero-order chi connectivity index (χ0) is 20.8. The number of oxazole rings is 1. The lowest BCUT2D eigenvalue weighted by Gasteiger charge is -2.32. The van der Waals surface area contributed by atoms with E-state index in [0.717, 1.165) is 79.3 Å². The van der Waals surface area contributed by atoms with Crippen LogP contribution in [-0.4, -0.2) is 65.3 Å². The second-order valence-corrected chi connectivity index (χ2v) is 8.20. The average molecular weight is 416 g/mol. The first-order valence-electron chi connectivity index (χ1n) is 10.7. The molecule has 1 unspecified atom stereocenters. The van der Waals surface area contributed by atoms with Gasteiger partial charge in [-0.05, 0) is 41.8 Å². The molecule has 1 atom stereocenters. The molecule has 2 N–H and O–H groups in total. The standard InChI is InChI=1S/C23H24N6O2/c24-23-27-20-12-16(2-4-21(20)31-23)15-1-3-18-19(11-15)26-22(13-25-18)29-6-5-17(14-29)28-7-9-30-10-8-28/h1-4,11-13,17H,5-10,14H2,(H2,24,27). The number of fused-ring (bicyclic) bond motifs is 2. The lowest BCUT2D eigenvalue weighted by Crippen LogP contribution is -2.44. The fourth-order valence-corrected chi connectivity index (χ4v) is 4.65. The molecule has 0 saturated carbocycles. The SMILES string of the molecule is Nc1nc2cc(-c3ccc4ncc(N5CCC(N6CCOCC6)C5)nc4c3)ccc2o1. The first-order valence-corrected chi connectivity index (χ1v) is 10.7. The van der Waals surface area contributed by atoms with Crippen LogP contribution in [0.15, 0.2) is 47.0 Å². The van der Waals surface area contributed by atoms with Crippen LogP contribution >= 0.6 is 0 Å².